The topological polar surface area (TPSA) is 74.4 Å². The van der Waals surface area contributed by atoms with Crippen LogP contribution in [-0.2, 0) is 29.2 Å². The highest BCUT2D eigenvalue weighted by atomic mass is 16.5. The lowest BCUT2D eigenvalue weighted by atomic mass is 10.1. The molecule has 0 N–H and O–H groups in total. The Hall–Kier alpha value is -2.69. The van der Waals surface area contributed by atoms with Gasteiger partial charge in [0.15, 0.2) is 0 Å². The number of likely N-dealkylation sites (N-methyl/N-ethyl adjacent to an activating group) is 1. The lowest BCUT2D eigenvalue weighted by molar-refractivity contribution is -0.136. The fourth-order valence-corrected chi connectivity index (χ4v) is 3.04. The molecular weight excluding hydrogens is 330 g/mol. The second-order valence-electron chi connectivity index (χ2n) is 6.66. The van der Waals surface area contributed by atoms with Gasteiger partial charge in [-0.2, -0.15) is 10.4 Å². The van der Waals surface area contributed by atoms with Crippen molar-refractivity contribution in [3.05, 3.63) is 53.3 Å². The van der Waals surface area contributed by atoms with Gasteiger partial charge in [-0.25, -0.2) is 0 Å². The highest BCUT2D eigenvalue weighted by Gasteiger charge is 2.24. The molecule has 2 aromatic rings. The van der Waals surface area contributed by atoms with Crippen LogP contribution in [0.1, 0.15) is 16.8 Å². The Morgan fingerprint density at radius 3 is 2.92 bits per heavy atom. The zero-order valence-electron chi connectivity index (χ0n) is 15.1. The minimum Gasteiger partial charge on any atom is -0.365 e. The molecule has 0 fully saturated rings. The van der Waals surface area contributed by atoms with Crippen molar-refractivity contribution in [2.75, 3.05) is 27.2 Å². The van der Waals surface area contributed by atoms with E-state index in [1.54, 1.807) is 20.3 Å². The summed E-state index contributed by atoms with van der Waals surface area (Å²) >= 11 is 0. The summed E-state index contributed by atoms with van der Waals surface area (Å²) < 4.78 is 7.81. The summed E-state index contributed by atoms with van der Waals surface area (Å²) in [5, 5.41) is 13.7. The normalized spacial score (nSPS) is 17.2. The molecule has 2 heterocycles. The minimum absolute atomic E-state index is 0.0525. The molecule has 1 atom stereocenters. The molecule has 26 heavy (non-hydrogen) atoms. The third kappa shape index (κ3) is 4.28. The molecule has 1 unspecified atom stereocenters. The van der Waals surface area contributed by atoms with Gasteiger partial charge < -0.3 is 9.64 Å². The maximum atomic E-state index is 11.9. The molecule has 1 aromatic carbocycles. The number of benzene rings is 1. The number of aromatic nitrogens is 2. The van der Waals surface area contributed by atoms with Crippen LogP contribution in [-0.4, -0.2) is 58.8 Å². The van der Waals surface area contributed by atoms with E-state index in [0.717, 1.165) is 17.8 Å². The van der Waals surface area contributed by atoms with E-state index in [1.807, 2.05) is 35.0 Å². The second-order valence-corrected chi connectivity index (χ2v) is 6.66. The van der Waals surface area contributed by atoms with Crippen LogP contribution in [0.15, 0.2) is 36.5 Å². The molecule has 0 aliphatic carbocycles. The van der Waals surface area contributed by atoms with Crippen LogP contribution in [0.3, 0.4) is 0 Å². The number of amides is 1. The zero-order valence-corrected chi connectivity index (χ0v) is 15.1. The lowest BCUT2D eigenvalue weighted by Crippen LogP contribution is -2.36. The average molecular weight is 353 g/mol. The predicted molar refractivity (Wildman–Crippen MR) is 95.9 cm³/mol. The molecule has 136 valence electrons. The Kier molecular flexibility index (Phi) is 5.66. The van der Waals surface area contributed by atoms with Crippen LogP contribution in [0.4, 0.5) is 0 Å². The van der Waals surface area contributed by atoms with Crippen molar-refractivity contribution in [1.82, 2.24) is 19.6 Å². The number of hydrogen-bond donors (Lipinski definition) is 0. The third-order valence-corrected chi connectivity index (χ3v) is 4.50. The number of fused-ring (bicyclic) bond motifs is 1. The Labute approximate surface area is 153 Å². The van der Waals surface area contributed by atoms with Crippen molar-refractivity contribution in [1.29, 1.82) is 5.26 Å². The minimum atomic E-state index is -0.144. The van der Waals surface area contributed by atoms with Gasteiger partial charge in [0, 0.05) is 39.9 Å². The first kappa shape index (κ1) is 18.1. The second kappa shape index (κ2) is 8.13. The van der Waals surface area contributed by atoms with Crippen LogP contribution in [0, 0.1) is 11.3 Å². The van der Waals surface area contributed by atoms with E-state index in [-0.39, 0.29) is 18.6 Å². The number of nitriles is 1. The van der Waals surface area contributed by atoms with Crippen LogP contribution < -0.4 is 0 Å². The van der Waals surface area contributed by atoms with Crippen LogP contribution >= 0.6 is 0 Å². The van der Waals surface area contributed by atoms with Crippen molar-refractivity contribution in [2.45, 2.75) is 25.7 Å². The molecule has 3 rings (SSSR count). The van der Waals surface area contributed by atoms with Gasteiger partial charge in [-0.1, -0.05) is 18.2 Å². The van der Waals surface area contributed by atoms with Gasteiger partial charge >= 0.3 is 0 Å². The molecule has 0 radical (unpaired) electrons. The Bertz CT molecular complexity index is 808. The maximum absolute atomic E-state index is 11.9. The Morgan fingerprint density at radius 2 is 2.15 bits per heavy atom. The summed E-state index contributed by atoms with van der Waals surface area (Å²) in [7, 11) is 3.44. The van der Waals surface area contributed by atoms with E-state index >= 15 is 0 Å². The van der Waals surface area contributed by atoms with E-state index in [4.69, 9.17) is 4.74 Å². The quantitative estimate of drug-likeness (QED) is 0.809. The molecule has 0 bridgehead atoms. The van der Waals surface area contributed by atoms with Crippen LogP contribution in [0.5, 0.6) is 0 Å². The summed E-state index contributed by atoms with van der Waals surface area (Å²) in [4.78, 5) is 15.6. The van der Waals surface area contributed by atoms with Crippen molar-refractivity contribution < 1.29 is 9.53 Å². The standard InChI is InChI=1S/C19H23N5O2/c1-22(2)19(25)14-26-18-12-23(11-17-7-8-21-24(17)13-18)10-16-6-4-3-5-15(16)9-20/h3-8,18H,10-14H2,1-2H3. The van der Waals surface area contributed by atoms with Gasteiger partial charge in [0.1, 0.15) is 6.61 Å². The molecular formula is C19H23N5O2. The van der Waals surface area contributed by atoms with Crippen LogP contribution in [0.25, 0.3) is 0 Å². The molecule has 1 aliphatic heterocycles. The average Bonchev–Trinajstić information content (AvgIpc) is 2.99. The monoisotopic (exact) mass is 353 g/mol. The molecule has 7 heteroatoms. The maximum Gasteiger partial charge on any atom is 0.248 e. The van der Waals surface area contributed by atoms with Gasteiger partial charge in [-0.05, 0) is 17.7 Å². The van der Waals surface area contributed by atoms with Crippen molar-refractivity contribution >= 4 is 5.91 Å². The summed E-state index contributed by atoms with van der Waals surface area (Å²) in [5.74, 6) is -0.0590. The molecule has 1 amide bonds. The fourth-order valence-electron chi connectivity index (χ4n) is 3.04. The van der Waals surface area contributed by atoms with E-state index in [0.29, 0.717) is 25.2 Å². The highest BCUT2D eigenvalue weighted by molar-refractivity contribution is 5.76. The first-order valence-corrected chi connectivity index (χ1v) is 8.59. The fraction of sp³-hybridized carbons (Fsp3) is 0.421. The molecule has 1 aromatic heterocycles. The highest BCUT2D eigenvalue weighted by Crippen LogP contribution is 2.18. The molecule has 0 saturated heterocycles. The smallest absolute Gasteiger partial charge is 0.248 e. The van der Waals surface area contributed by atoms with Gasteiger partial charge in [0.25, 0.3) is 0 Å². The van der Waals surface area contributed by atoms with Crippen molar-refractivity contribution in [3.8, 4) is 6.07 Å². The van der Waals surface area contributed by atoms with E-state index in [2.05, 4.69) is 16.1 Å². The predicted octanol–water partition coefficient (Wildman–Crippen LogP) is 1.24. The first-order chi connectivity index (χ1) is 12.6. The summed E-state index contributed by atoms with van der Waals surface area (Å²) in [6.07, 6.45) is 1.64. The number of carbonyl (C=O) groups excluding carboxylic acids is 1. The van der Waals surface area contributed by atoms with Gasteiger partial charge in [0.2, 0.25) is 5.91 Å². The summed E-state index contributed by atoms with van der Waals surface area (Å²) in [5.41, 5.74) is 2.78. The van der Waals surface area contributed by atoms with E-state index in [9.17, 15) is 10.1 Å². The zero-order chi connectivity index (χ0) is 18.5. The SMILES string of the molecule is CN(C)C(=O)COC1CN(Cc2ccccc2C#N)Cc2ccnn2C1. The molecule has 7 nitrogen and oxygen atoms in total. The van der Waals surface area contributed by atoms with Gasteiger partial charge in [0.05, 0.1) is 30.0 Å². The van der Waals surface area contributed by atoms with Crippen molar-refractivity contribution in [2.24, 2.45) is 0 Å². The molecule has 0 spiro atoms. The Morgan fingerprint density at radius 1 is 1.35 bits per heavy atom. The first-order valence-electron chi connectivity index (χ1n) is 8.59. The largest absolute Gasteiger partial charge is 0.365 e. The van der Waals surface area contributed by atoms with Gasteiger partial charge in [-0.3, -0.25) is 14.4 Å². The van der Waals surface area contributed by atoms with Crippen molar-refractivity contribution in [3.63, 3.8) is 0 Å². The Balaban J connectivity index is 1.75. The number of carbonyl (C=O) groups is 1. The summed E-state index contributed by atoms with van der Waals surface area (Å²) in [6, 6.07) is 11.9. The number of rotatable bonds is 5. The molecule has 1 aliphatic rings. The summed E-state index contributed by atoms with van der Waals surface area (Å²) in [6.45, 7) is 2.71. The van der Waals surface area contributed by atoms with Crippen LogP contribution in [0.2, 0.25) is 0 Å². The van der Waals surface area contributed by atoms with E-state index < -0.39 is 0 Å². The number of hydrogen-bond acceptors (Lipinski definition) is 5. The molecule has 0 saturated carbocycles. The van der Waals surface area contributed by atoms with E-state index in [1.165, 1.54) is 4.90 Å². The number of ether oxygens (including phenoxy) is 1. The number of nitrogens with zero attached hydrogens (tertiary/aromatic N) is 5. The third-order valence-electron chi connectivity index (χ3n) is 4.50. The van der Waals surface area contributed by atoms with Gasteiger partial charge in [-0.15, -0.1) is 0 Å². The lowest BCUT2D eigenvalue weighted by Gasteiger charge is -2.24.